The average molecular weight is 342 g/mol. The van der Waals surface area contributed by atoms with Crippen molar-refractivity contribution in [2.24, 2.45) is 5.73 Å². The van der Waals surface area contributed by atoms with Gasteiger partial charge in [0, 0.05) is 18.0 Å². The molecule has 4 rings (SSSR count). The average Bonchev–Trinajstić information content (AvgIpc) is 3.16. The predicted octanol–water partition coefficient (Wildman–Crippen LogP) is 3.55. The molecular formula is C16H12ClN5S. The van der Waals surface area contributed by atoms with Crippen LogP contribution < -0.4 is 5.73 Å². The van der Waals surface area contributed by atoms with Gasteiger partial charge in [-0.15, -0.1) is 0 Å². The Labute approximate surface area is 141 Å². The van der Waals surface area contributed by atoms with Gasteiger partial charge in [-0.05, 0) is 17.7 Å². The zero-order valence-electron chi connectivity index (χ0n) is 11.9. The van der Waals surface area contributed by atoms with Gasteiger partial charge in [-0.25, -0.2) is 9.50 Å². The molecule has 0 aliphatic rings. The SMILES string of the molecule is NC(c1cccnc1)c1nn2c(-c3ccccc3Cl)cnc2s1. The Morgan fingerprint density at radius 1 is 1.13 bits per heavy atom. The minimum absolute atomic E-state index is 0.325. The van der Waals surface area contributed by atoms with Crippen molar-refractivity contribution in [3.05, 3.63) is 70.6 Å². The molecule has 3 heterocycles. The van der Waals surface area contributed by atoms with E-state index < -0.39 is 0 Å². The highest BCUT2D eigenvalue weighted by Gasteiger charge is 2.18. The molecule has 0 bridgehead atoms. The molecule has 23 heavy (non-hydrogen) atoms. The second-order valence-corrected chi connectivity index (χ2v) is 6.42. The van der Waals surface area contributed by atoms with Crippen LogP contribution in [-0.4, -0.2) is 19.6 Å². The molecule has 0 radical (unpaired) electrons. The molecule has 1 atom stereocenters. The number of pyridine rings is 1. The molecule has 0 aliphatic carbocycles. The summed E-state index contributed by atoms with van der Waals surface area (Å²) >= 11 is 7.75. The molecule has 0 spiro atoms. The van der Waals surface area contributed by atoms with E-state index in [1.165, 1.54) is 11.3 Å². The van der Waals surface area contributed by atoms with E-state index in [1.54, 1.807) is 23.1 Å². The molecule has 1 unspecified atom stereocenters. The second-order valence-electron chi connectivity index (χ2n) is 5.02. The fraction of sp³-hybridized carbons (Fsp3) is 0.0625. The third-order valence-electron chi connectivity index (χ3n) is 3.56. The Balaban J connectivity index is 1.80. The molecule has 3 aromatic heterocycles. The lowest BCUT2D eigenvalue weighted by molar-refractivity contribution is 0.805. The molecule has 5 nitrogen and oxygen atoms in total. The predicted molar refractivity (Wildman–Crippen MR) is 91.6 cm³/mol. The Kier molecular flexibility index (Phi) is 3.57. The van der Waals surface area contributed by atoms with Crippen LogP contribution in [0.15, 0.2) is 55.0 Å². The monoisotopic (exact) mass is 341 g/mol. The van der Waals surface area contributed by atoms with Gasteiger partial charge in [0.05, 0.1) is 23.0 Å². The minimum Gasteiger partial charge on any atom is -0.318 e. The molecule has 0 saturated heterocycles. The first kappa shape index (κ1) is 14.3. The second kappa shape index (κ2) is 5.73. The standard InChI is InChI=1S/C16H12ClN5S/c17-12-6-2-1-5-11(12)13-9-20-16-22(13)21-15(23-16)14(18)10-4-3-7-19-8-10/h1-9,14H,18H2. The number of imidazole rings is 1. The van der Waals surface area contributed by atoms with Crippen molar-refractivity contribution in [2.75, 3.05) is 0 Å². The van der Waals surface area contributed by atoms with E-state index >= 15 is 0 Å². The van der Waals surface area contributed by atoms with Crippen LogP contribution in [0.25, 0.3) is 16.2 Å². The lowest BCUT2D eigenvalue weighted by Gasteiger charge is -2.07. The molecule has 0 fully saturated rings. The van der Waals surface area contributed by atoms with Crippen molar-refractivity contribution in [3.8, 4) is 11.3 Å². The largest absolute Gasteiger partial charge is 0.318 e. The first-order valence-corrected chi connectivity index (χ1v) is 8.18. The van der Waals surface area contributed by atoms with Crippen molar-refractivity contribution >= 4 is 27.9 Å². The van der Waals surface area contributed by atoms with Crippen LogP contribution in [0.2, 0.25) is 5.02 Å². The summed E-state index contributed by atoms with van der Waals surface area (Å²) in [5.41, 5.74) is 8.97. The summed E-state index contributed by atoms with van der Waals surface area (Å²) < 4.78 is 1.79. The summed E-state index contributed by atoms with van der Waals surface area (Å²) in [4.78, 5) is 9.31. The van der Waals surface area contributed by atoms with Crippen LogP contribution in [0.3, 0.4) is 0 Å². The number of hydrogen-bond acceptors (Lipinski definition) is 5. The Morgan fingerprint density at radius 3 is 2.78 bits per heavy atom. The number of nitrogens with two attached hydrogens (primary N) is 1. The quantitative estimate of drug-likeness (QED) is 0.618. The van der Waals surface area contributed by atoms with Gasteiger partial charge in [-0.3, -0.25) is 4.98 Å². The molecule has 114 valence electrons. The lowest BCUT2D eigenvalue weighted by atomic mass is 10.1. The third kappa shape index (κ3) is 2.50. The lowest BCUT2D eigenvalue weighted by Crippen LogP contribution is -2.12. The first-order valence-electron chi connectivity index (χ1n) is 6.99. The van der Waals surface area contributed by atoms with Crippen molar-refractivity contribution < 1.29 is 0 Å². The number of hydrogen-bond donors (Lipinski definition) is 1. The van der Waals surface area contributed by atoms with E-state index in [0.717, 1.165) is 26.8 Å². The number of rotatable bonds is 3. The smallest absolute Gasteiger partial charge is 0.212 e. The molecule has 0 amide bonds. The van der Waals surface area contributed by atoms with Gasteiger partial charge in [0.25, 0.3) is 0 Å². The van der Waals surface area contributed by atoms with E-state index in [9.17, 15) is 0 Å². The highest BCUT2D eigenvalue weighted by molar-refractivity contribution is 7.16. The van der Waals surface area contributed by atoms with Gasteiger partial charge in [0.1, 0.15) is 5.01 Å². The number of benzene rings is 1. The minimum atomic E-state index is -0.325. The van der Waals surface area contributed by atoms with Gasteiger partial charge >= 0.3 is 0 Å². The maximum atomic E-state index is 6.30. The zero-order valence-corrected chi connectivity index (χ0v) is 13.5. The number of fused-ring (bicyclic) bond motifs is 1. The molecule has 2 N–H and O–H groups in total. The number of aromatic nitrogens is 4. The van der Waals surface area contributed by atoms with Crippen LogP contribution in [0.5, 0.6) is 0 Å². The summed E-state index contributed by atoms with van der Waals surface area (Å²) in [6.45, 7) is 0. The summed E-state index contributed by atoms with van der Waals surface area (Å²) in [5.74, 6) is 0. The van der Waals surface area contributed by atoms with Crippen LogP contribution in [0.4, 0.5) is 0 Å². The maximum absolute atomic E-state index is 6.30. The van der Waals surface area contributed by atoms with E-state index in [0.29, 0.717) is 5.02 Å². The van der Waals surface area contributed by atoms with Crippen molar-refractivity contribution in [1.82, 2.24) is 19.6 Å². The van der Waals surface area contributed by atoms with Crippen LogP contribution in [-0.2, 0) is 0 Å². The zero-order chi connectivity index (χ0) is 15.8. The molecule has 7 heteroatoms. The maximum Gasteiger partial charge on any atom is 0.212 e. The van der Waals surface area contributed by atoms with Crippen LogP contribution >= 0.6 is 22.9 Å². The molecule has 0 saturated carbocycles. The van der Waals surface area contributed by atoms with Crippen molar-refractivity contribution in [1.29, 1.82) is 0 Å². The fourth-order valence-electron chi connectivity index (χ4n) is 2.39. The summed E-state index contributed by atoms with van der Waals surface area (Å²) in [7, 11) is 0. The normalized spacial score (nSPS) is 12.6. The van der Waals surface area contributed by atoms with Gasteiger partial charge < -0.3 is 5.73 Å². The number of halogens is 1. The van der Waals surface area contributed by atoms with Crippen molar-refractivity contribution in [2.45, 2.75) is 6.04 Å². The van der Waals surface area contributed by atoms with Crippen LogP contribution in [0, 0.1) is 0 Å². The summed E-state index contributed by atoms with van der Waals surface area (Å²) in [6.07, 6.45) is 5.25. The molecule has 0 aliphatic heterocycles. The van der Waals surface area contributed by atoms with E-state index in [4.69, 9.17) is 17.3 Å². The van der Waals surface area contributed by atoms with Crippen molar-refractivity contribution in [3.63, 3.8) is 0 Å². The van der Waals surface area contributed by atoms with E-state index in [2.05, 4.69) is 15.1 Å². The fourth-order valence-corrected chi connectivity index (χ4v) is 3.52. The first-order chi connectivity index (χ1) is 11.2. The third-order valence-corrected chi connectivity index (χ3v) is 4.90. The van der Waals surface area contributed by atoms with E-state index in [1.807, 2.05) is 36.4 Å². The highest BCUT2D eigenvalue weighted by atomic mass is 35.5. The van der Waals surface area contributed by atoms with Gasteiger partial charge in [-0.1, -0.05) is 47.2 Å². The summed E-state index contributed by atoms with van der Waals surface area (Å²) in [6, 6.07) is 11.1. The summed E-state index contributed by atoms with van der Waals surface area (Å²) in [5, 5.41) is 6.08. The topological polar surface area (TPSA) is 69.1 Å². The molecular weight excluding hydrogens is 330 g/mol. The Morgan fingerprint density at radius 2 is 2.00 bits per heavy atom. The van der Waals surface area contributed by atoms with Crippen LogP contribution in [0.1, 0.15) is 16.6 Å². The molecule has 1 aromatic carbocycles. The Hall–Kier alpha value is -2.28. The Bertz CT molecular complexity index is 963. The molecule has 4 aromatic rings. The van der Waals surface area contributed by atoms with Gasteiger partial charge in [0.15, 0.2) is 0 Å². The van der Waals surface area contributed by atoms with Gasteiger partial charge in [0.2, 0.25) is 4.96 Å². The number of nitrogens with zero attached hydrogens (tertiary/aromatic N) is 4. The highest BCUT2D eigenvalue weighted by Crippen LogP contribution is 2.31. The van der Waals surface area contributed by atoms with E-state index in [-0.39, 0.29) is 6.04 Å². The van der Waals surface area contributed by atoms with Gasteiger partial charge in [-0.2, -0.15) is 5.10 Å².